The second-order valence-corrected chi connectivity index (χ2v) is 10.3. The van der Waals surface area contributed by atoms with Crippen LogP contribution in [0, 0.1) is 17.0 Å². The van der Waals surface area contributed by atoms with Crippen molar-refractivity contribution < 1.29 is 27.8 Å². The van der Waals surface area contributed by atoms with E-state index in [0.29, 0.717) is 13.2 Å². The number of anilines is 5. The van der Waals surface area contributed by atoms with Crippen molar-refractivity contribution >= 4 is 40.5 Å². The number of halogens is 2. The highest BCUT2D eigenvalue weighted by atomic mass is 19.1. The number of morpholine rings is 1. The molecule has 0 bridgehead atoms. The average molecular weight is 587 g/mol. The number of carbonyl (C=O) groups is 2. The molecule has 2 amide bonds. The Morgan fingerprint density at radius 3 is 2.42 bits per heavy atom. The molecule has 1 aliphatic heterocycles. The van der Waals surface area contributed by atoms with E-state index in [-0.39, 0.29) is 41.8 Å². The van der Waals surface area contributed by atoms with Crippen LogP contribution >= 0.6 is 0 Å². The van der Waals surface area contributed by atoms with Crippen LogP contribution in [-0.4, -0.2) is 48.1 Å². The Labute approximate surface area is 246 Å². The normalized spacial score (nSPS) is 15.4. The van der Waals surface area contributed by atoms with Crippen molar-refractivity contribution in [2.45, 2.75) is 12.8 Å². The molecule has 2 aliphatic rings. The lowest BCUT2D eigenvalue weighted by Crippen LogP contribution is -2.41. The lowest BCUT2D eigenvalue weighted by Gasteiger charge is -2.29. The van der Waals surface area contributed by atoms with E-state index in [1.807, 2.05) is 24.3 Å². The molecule has 1 saturated carbocycles. The third-order valence-corrected chi connectivity index (χ3v) is 7.42. The average Bonchev–Trinajstić information content (AvgIpc) is 3.83. The molecule has 1 aromatic heterocycles. The minimum absolute atomic E-state index is 0.0885. The van der Waals surface area contributed by atoms with Gasteiger partial charge in [-0.25, -0.2) is 13.8 Å². The van der Waals surface area contributed by atoms with Crippen molar-refractivity contribution in [2.24, 2.45) is 11.1 Å². The third kappa shape index (κ3) is 5.95. The maximum absolute atomic E-state index is 15.4. The predicted molar refractivity (Wildman–Crippen MR) is 156 cm³/mol. The first-order valence-corrected chi connectivity index (χ1v) is 13.7. The van der Waals surface area contributed by atoms with Gasteiger partial charge in [-0.2, -0.15) is 4.98 Å². The zero-order valence-electron chi connectivity index (χ0n) is 23.0. The lowest BCUT2D eigenvalue weighted by atomic mass is 10.0. The number of benzene rings is 3. The molecule has 0 spiro atoms. The van der Waals surface area contributed by atoms with Gasteiger partial charge in [0.05, 0.1) is 18.9 Å². The number of hydrogen-bond donors (Lipinski definition) is 2. The van der Waals surface area contributed by atoms with E-state index in [9.17, 15) is 14.0 Å². The number of amides is 2. The zero-order valence-corrected chi connectivity index (χ0v) is 23.0. The Morgan fingerprint density at radius 1 is 0.977 bits per heavy atom. The van der Waals surface area contributed by atoms with Gasteiger partial charge in [-0.15, -0.1) is 0 Å². The third-order valence-electron chi connectivity index (χ3n) is 7.42. The Morgan fingerprint density at radius 2 is 1.72 bits per heavy atom. The Hall–Kier alpha value is -5.10. The number of ether oxygens (including phenoxy) is 2. The molecule has 6 rings (SSSR count). The quantitative estimate of drug-likeness (QED) is 0.261. The van der Waals surface area contributed by atoms with Crippen molar-refractivity contribution in [2.75, 3.05) is 41.4 Å². The Kier molecular flexibility index (Phi) is 7.59. The van der Waals surface area contributed by atoms with Gasteiger partial charge in [0.2, 0.25) is 23.6 Å². The summed E-state index contributed by atoms with van der Waals surface area (Å²) >= 11 is 0. The zero-order chi connectivity index (χ0) is 30.0. The number of nitrogens with one attached hydrogen (secondary N) is 1. The smallest absolute Gasteiger partial charge is 0.247 e. The molecule has 1 saturated heterocycles. The number of hydrogen-bond acceptors (Lipinski definition) is 8. The highest BCUT2D eigenvalue weighted by Gasteiger charge is 2.57. The van der Waals surface area contributed by atoms with Crippen molar-refractivity contribution in [3.05, 3.63) is 90.6 Å². The summed E-state index contributed by atoms with van der Waals surface area (Å²) in [7, 11) is 0. The van der Waals surface area contributed by atoms with Crippen LogP contribution in [0.3, 0.4) is 0 Å². The summed E-state index contributed by atoms with van der Waals surface area (Å²) in [6.07, 6.45) is 2.05. The first-order chi connectivity index (χ1) is 20.8. The Balaban J connectivity index is 1.21. The SMILES string of the molecule is NC(=O)C1(C(=O)N(c2ccc(F)cc2)c2ccc(Oc3ccnc(Nc4cccc(N5CCOCC5)c4)n3)c(F)c2)CC1. The molecule has 12 heteroatoms. The van der Waals surface area contributed by atoms with E-state index in [0.717, 1.165) is 30.5 Å². The molecule has 4 aromatic rings. The number of rotatable bonds is 9. The minimum atomic E-state index is -1.38. The van der Waals surface area contributed by atoms with Crippen LogP contribution in [0.25, 0.3) is 0 Å². The van der Waals surface area contributed by atoms with Crippen LogP contribution < -0.4 is 25.6 Å². The van der Waals surface area contributed by atoms with Gasteiger partial charge in [-0.05, 0) is 67.4 Å². The molecule has 0 radical (unpaired) electrons. The first-order valence-electron chi connectivity index (χ1n) is 13.7. The van der Waals surface area contributed by atoms with Gasteiger partial charge in [0.15, 0.2) is 11.6 Å². The predicted octanol–water partition coefficient (Wildman–Crippen LogP) is 5.06. The van der Waals surface area contributed by atoms with Gasteiger partial charge in [0, 0.05) is 48.5 Å². The maximum atomic E-state index is 15.4. The van der Waals surface area contributed by atoms with Crippen LogP contribution in [0.15, 0.2) is 79.0 Å². The lowest BCUT2D eigenvalue weighted by molar-refractivity contribution is -0.133. The highest BCUT2D eigenvalue weighted by molar-refractivity contribution is 6.16. The second-order valence-electron chi connectivity index (χ2n) is 10.3. The summed E-state index contributed by atoms with van der Waals surface area (Å²) in [4.78, 5) is 37.6. The van der Waals surface area contributed by atoms with Crippen molar-refractivity contribution in [3.63, 3.8) is 0 Å². The molecule has 10 nitrogen and oxygen atoms in total. The topological polar surface area (TPSA) is 123 Å². The summed E-state index contributed by atoms with van der Waals surface area (Å²) in [5, 5.41) is 3.15. The van der Waals surface area contributed by atoms with Crippen LogP contribution in [0.2, 0.25) is 0 Å². The number of carbonyl (C=O) groups excluding carboxylic acids is 2. The Bertz CT molecular complexity index is 1660. The van der Waals surface area contributed by atoms with Crippen LogP contribution in [0.1, 0.15) is 12.8 Å². The van der Waals surface area contributed by atoms with Gasteiger partial charge in [-0.3, -0.25) is 14.5 Å². The summed E-state index contributed by atoms with van der Waals surface area (Å²) in [5.74, 6) is -2.47. The van der Waals surface area contributed by atoms with Crippen molar-refractivity contribution in [1.29, 1.82) is 0 Å². The van der Waals surface area contributed by atoms with E-state index in [4.69, 9.17) is 15.2 Å². The van der Waals surface area contributed by atoms with E-state index in [1.54, 1.807) is 0 Å². The largest absolute Gasteiger partial charge is 0.436 e. The number of aromatic nitrogens is 2. The molecule has 3 aromatic carbocycles. The van der Waals surface area contributed by atoms with Gasteiger partial charge in [0.1, 0.15) is 11.2 Å². The van der Waals surface area contributed by atoms with E-state index in [2.05, 4.69) is 20.2 Å². The van der Waals surface area contributed by atoms with E-state index in [1.165, 1.54) is 53.6 Å². The molecule has 2 fully saturated rings. The molecule has 1 aliphatic carbocycles. The molecule has 43 heavy (non-hydrogen) atoms. The van der Waals surface area contributed by atoms with E-state index < -0.39 is 28.9 Å². The molecular formula is C31H28F2N6O4. The summed E-state index contributed by atoms with van der Waals surface area (Å²) in [5.41, 5.74) is 6.34. The fourth-order valence-electron chi connectivity index (χ4n) is 4.89. The summed E-state index contributed by atoms with van der Waals surface area (Å²) in [6.45, 7) is 2.95. The maximum Gasteiger partial charge on any atom is 0.247 e. The van der Waals surface area contributed by atoms with Crippen LogP contribution in [0.4, 0.5) is 37.5 Å². The monoisotopic (exact) mass is 586 g/mol. The highest BCUT2D eigenvalue weighted by Crippen LogP contribution is 2.49. The molecule has 0 unspecified atom stereocenters. The van der Waals surface area contributed by atoms with Crippen LogP contribution in [0.5, 0.6) is 11.6 Å². The van der Waals surface area contributed by atoms with Crippen molar-refractivity contribution in [1.82, 2.24) is 9.97 Å². The molecule has 2 heterocycles. The molecular weight excluding hydrogens is 558 g/mol. The van der Waals surface area contributed by atoms with Gasteiger partial charge in [0.25, 0.3) is 0 Å². The van der Waals surface area contributed by atoms with Crippen molar-refractivity contribution in [3.8, 4) is 11.6 Å². The molecule has 0 atom stereocenters. The standard InChI is InChI=1S/C31H28F2N6O4/c32-20-4-6-22(7-5-20)39(29(41)31(11-12-31)28(34)40)24-8-9-26(25(33)19-24)43-27-10-13-35-30(37-27)36-21-2-1-3-23(18-21)38-14-16-42-17-15-38/h1-10,13,18-19H,11-12,14-17H2,(H2,34,40)(H,35,36,37). The fourth-order valence-corrected chi connectivity index (χ4v) is 4.89. The first kappa shape index (κ1) is 28.0. The number of primary amides is 1. The molecule has 220 valence electrons. The number of nitrogens with two attached hydrogens (primary N) is 1. The summed E-state index contributed by atoms with van der Waals surface area (Å²) in [6, 6.07) is 18.3. The fraction of sp³-hybridized carbons (Fsp3) is 0.226. The summed E-state index contributed by atoms with van der Waals surface area (Å²) < 4.78 is 40.2. The minimum Gasteiger partial charge on any atom is -0.436 e. The van der Waals surface area contributed by atoms with E-state index >= 15 is 4.39 Å². The molecule has 3 N–H and O–H groups in total. The van der Waals surface area contributed by atoms with Gasteiger partial charge in [-0.1, -0.05) is 6.07 Å². The number of nitrogens with zero attached hydrogens (tertiary/aromatic N) is 4. The second kappa shape index (κ2) is 11.6. The van der Waals surface area contributed by atoms with Gasteiger partial charge >= 0.3 is 0 Å². The van der Waals surface area contributed by atoms with Gasteiger partial charge < -0.3 is 25.4 Å². The van der Waals surface area contributed by atoms with Crippen LogP contribution in [-0.2, 0) is 14.3 Å².